The Hall–Kier alpha value is -4.32. The number of para-hydroxylation sites is 3. The summed E-state index contributed by atoms with van der Waals surface area (Å²) >= 11 is 0. The van der Waals surface area contributed by atoms with E-state index in [0.29, 0.717) is 46.3 Å². The minimum atomic E-state index is -0.744. The Labute approximate surface area is 192 Å². The third-order valence-electron chi connectivity index (χ3n) is 5.55. The van der Waals surface area contributed by atoms with E-state index in [2.05, 4.69) is 23.6 Å². The molecule has 0 spiro atoms. The standard InChI is InChI=1S/C27H25N3O3/c1-3-9-18-11-7-13-20(24(18)31)17-28-30-26(22-15-8-12-19(10-4-2)25(22)32)29-23-16-6-5-14-21(23)27(30)33/h3-8,11-17,26,29,31-32H,1-2,9-10H2. The van der Waals surface area contributed by atoms with Crippen LogP contribution in [0.25, 0.3) is 0 Å². The molecule has 1 aliphatic heterocycles. The van der Waals surface area contributed by atoms with Gasteiger partial charge in [0.05, 0.1) is 11.8 Å². The van der Waals surface area contributed by atoms with Crippen LogP contribution in [0.3, 0.4) is 0 Å². The van der Waals surface area contributed by atoms with Crippen LogP contribution >= 0.6 is 0 Å². The number of aromatic hydroxyl groups is 2. The lowest BCUT2D eigenvalue weighted by atomic mass is 10.0. The average molecular weight is 440 g/mol. The molecule has 0 aliphatic carbocycles. The molecule has 4 rings (SSSR count). The van der Waals surface area contributed by atoms with E-state index in [1.165, 1.54) is 11.2 Å². The van der Waals surface area contributed by atoms with Crippen LogP contribution in [0.1, 0.15) is 38.8 Å². The number of carbonyl (C=O) groups is 1. The van der Waals surface area contributed by atoms with E-state index >= 15 is 0 Å². The summed E-state index contributed by atoms with van der Waals surface area (Å²) in [6.07, 6.45) is 5.13. The maximum atomic E-state index is 13.4. The number of phenols is 2. The predicted molar refractivity (Wildman–Crippen MR) is 131 cm³/mol. The lowest BCUT2D eigenvalue weighted by molar-refractivity contribution is 0.0689. The number of hydrogen-bond donors (Lipinski definition) is 3. The number of nitrogens with one attached hydrogen (secondary N) is 1. The van der Waals surface area contributed by atoms with E-state index < -0.39 is 6.17 Å². The SMILES string of the molecule is C=CCc1cccc(C=NN2C(=O)c3ccccc3NC2c2cccc(CC=C)c2O)c1O. The summed E-state index contributed by atoms with van der Waals surface area (Å²) in [5.74, 6) is -0.148. The number of allylic oxidation sites excluding steroid dienone is 2. The normalized spacial score (nSPS) is 15.2. The van der Waals surface area contributed by atoms with Crippen molar-refractivity contribution >= 4 is 17.8 Å². The number of nitrogens with zero attached hydrogens (tertiary/aromatic N) is 2. The van der Waals surface area contributed by atoms with Crippen LogP contribution in [-0.4, -0.2) is 27.3 Å². The molecule has 0 radical (unpaired) electrons. The van der Waals surface area contributed by atoms with Crippen LogP contribution < -0.4 is 5.32 Å². The first kappa shape index (κ1) is 21.9. The van der Waals surface area contributed by atoms with Crippen LogP contribution in [0.2, 0.25) is 0 Å². The van der Waals surface area contributed by atoms with Crippen LogP contribution in [-0.2, 0) is 12.8 Å². The van der Waals surface area contributed by atoms with Crippen LogP contribution in [0.5, 0.6) is 11.5 Å². The highest BCUT2D eigenvalue weighted by Crippen LogP contribution is 2.38. The molecule has 0 saturated carbocycles. The Balaban J connectivity index is 1.79. The Morgan fingerprint density at radius 1 is 0.909 bits per heavy atom. The molecule has 6 heteroatoms. The average Bonchev–Trinajstić information content (AvgIpc) is 2.82. The third kappa shape index (κ3) is 4.23. The molecule has 33 heavy (non-hydrogen) atoms. The molecule has 0 fully saturated rings. The topological polar surface area (TPSA) is 85.2 Å². The van der Waals surface area contributed by atoms with Gasteiger partial charge in [-0.25, -0.2) is 5.01 Å². The molecule has 0 aromatic heterocycles. The van der Waals surface area contributed by atoms with Gasteiger partial charge < -0.3 is 15.5 Å². The number of fused-ring (bicyclic) bond motifs is 1. The second-order valence-electron chi connectivity index (χ2n) is 7.68. The van der Waals surface area contributed by atoms with Gasteiger partial charge in [0.1, 0.15) is 11.5 Å². The van der Waals surface area contributed by atoms with Crippen molar-refractivity contribution < 1.29 is 15.0 Å². The number of phenolic OH excluding ortho intramolecular Hbond substituents is 2. The summed E-state index contributed by atoms with van der Waals surface area (Å²) < 4.78 is 0. The fraction of sp³-hybridized carbons (Fsp3) is 0.111. The summed E-state index contributed by atoms with van der Waals surface area (Å²) in [6, 6.07) is 17.9. The van der Waals surface area contributed by atoms with Gasteiger partial charge in [-0.3, -0.25) is 4.79 Å². The first-order chi connectivity index (χ1) is 16.0. The van der Waals surface area contributed by atoms with E-state index in [0.717, 1.165) is 0 Å². The van der Waals surface area contributed by atoms with E-state index in [1.54, 1.807) is 36.4 Å². The molecule has 3 aromatic rings. The molecule has 3 aromatic carbocycles. The largest absolute Gasteiger partial charge is 0.507 e. The lowest BCUT2D eigenvalue weighted by Gasteiger charge is -2.35. The number of rotatable bonds is 7. The number of carbonyl (C=O) groups excluding carboxylic acids is 1. The molecule has 1 unspecified atom stereocenters. The highest BCUT2D eigenvalue weighted by atomic mass is 16.3. The maximum Gasteiger partial charge on any atom is 0.278 e. The summed E-state index contributed by atoms with van der Waals surface area (Å²) in [5.41, 5.74) is 3.53. The van der Waals surface area contributed by atoms with Gasteiger partial charge in [0, 0.05) is 16.8 Å². The quantitative estimate of drug-likeness (QED) is 0.351. The van der Waals surface area contributed by atoms with Crippen molar-refractivity contribution in [1.29, 1.82) is 0 Å². The summed E-state index contributed by atoms with van der Waals surface area (Å²) in [5, 5.41) is 30.6. The first-order valence-electron chi connectivity index (χ1n) is 10.6. The highest BCUT2D eigenvalue weighted by Gasteiger charge is 2.34. The highest BCUT2D eigenvalue weighted by molar-refractivity contribution is 6.02. The van der Waals surface area contributed by atoms with Gasteiger partial charge in [-0.1, -0.05) is 54.6 Å². The second-order valence-corrected chi connectivity index (χ2v) is 7.68. The number of benzene rings is 3. The molecular weight excluding hydrogens is 414 g/mol. The minimum absolute atomic E-state index is 0.0816. The van der Waals surface area contributed by atoms with Gasteiger partial charge in [0.25, 0.3) is 5.91 Å². The Bertz CT molecular complexity index is 1250. The van der Waals surface area contributed by atoms with E-state index in [4.69, 9.17) is 0 Å². The molecule has 166 valence electrons. The predicted octanol–water partition coefficient (Wildman–Crippen LogP) is 5.16. The molecule has 0 bridgehead atoms. The monoisotopic (exact) mass is 439 g/mol. The molecule has 0 saturated heterocycles. The van der Waals surface area contributed by atoms with Crippen molar-refractivity contribution in [2.24, 2.45) is 5.10 Å². The van der Waals surface area contributed by atoms with Crippen molar-refractivity contribution in [3.05, 3.63) is 114 Å². The fourth-order valence-corrected chi connectivity index (χ4v) is 3.89. The van der Waals surface area contributed by atoms with Crippen molar-refractivity contribution in [2.45, 2.75) is 19.0 Å². The minimum Gasteiger partial charge on any atom is -0.507 e. The Morgan fingerprint density at radius 2 is 1.58 bits per heavy atom. The van der Waals surface area contributed by atoms with Crippen LogP contribution in [0.15, 0.2) is 91.1 Å². The first-order valence-corrected chi connectivity index (χ1v) is 10.6. The number of anilines is 1. The number of amides is 1. The zero-order valence-electron chi connectivity index (χ0n) is 18.1. The fourth-order valence-electron chi connectivity index (χ4n) is 3.89. The summed E-state index contributed by atoms with van der Waals surface area (Å²) in [7, 11) is 0. The van der Waals surface area contributed by atoms with Gasteiger partial charge in [-0.2, -0.15) is 5.10 Å². The van der Waals surface area contributed by atoms with Crippen LogP contribution in [0.4, 0.5) is 5.69 Å². The van der Waals surface area contributed by atoms with Gasteiger partial charge >= 0.3 is 0 Å². The Morgan fingerprint density at radius 3 is 2.30 bits per heavy atom. The number of hydrogen-bond acceptors (Lipinski definition) is 5. The van der Waals surface area contributed by atoms with Crippen molar-refractivity contribution in [3.63, 3.8) is 0 Å². The summed E-state index contributed by atoms with van der Waals surface area (Å²) in [6.45, 7) is 7.46. The molecular formula is C27H25N3O3. The molecule has 1 heterocycles. The second kappa shape index (κ2) is 9.44. The molecule has 1 atom stereocenters. The maximum absolute atomic E-state index is 13.4. The molecule has 1 aliphatic rings. The van der Waals surface area contributed by atoms with Crippen LogP contribution in [0, 0.1) is 0 Å². The van der Waals surface area contributed by atoms with E-state index in [1.807, 2.05) is 36.4 Å². The number of hydrazone groups is 1. The molecule has 6 nitrogen and oxygen atoms in total. The van der Waals surface area contributed by atoms with Gasteiger partial charge in [-0.05, 0) is 42.2 Å². The van der Waals surface area contributed by atoms with E-state index in [9.17, 15) is 15.0 Å². The van der Waals surface area contributed by atoms with Crippen molar-refractivity contribution in [1.82, 2.24) is 5.01 Å². The summed E-state index contributed by atoms with van der Waals surface area (Å²) in [4.78, 5) is 13.4. The zero-order valence-corrected chi connectivity index (χ0v) is 18.1. The Kier molecular flexibility index (Phi) is 6.26. The smallest absolute Gasteiger partial charge is 0.278 e. The van der Waals surface area contributed by atoms with Gasteiger partial charge in [0.15, 0.2) is 6.17 Å². The molecule has 1 amide bonds. The lowest BCUT2D eigenvalue weighted by Crippen LogP contribution is -2.39. The van der Waals surface area contributed by atoms with E-state index in [-0.39, 0.29) is 17.4 Å². The third-order valence-corrected chi connectivity index (χ3v) is 5.55. The van der Waals surface area contributed by atoms with Crippen molar-refractivity contribution in [3.8, 4) is 11.5 Å². The molecule has 3 N–H and O–H groups in total. The van der Waals surface area contributed by atoms with Gasteiger partial charge in [0.2, 0.25) is 0 Å². The van der Waals surface area contributed by atoms with Gasteiger partial charge in [-0.15, -0.1) is 13.2 Å². The van der Waals surface area contributed by atoms with Crippen molar-refractivity contribution in [2.75, 3.05) is 5.32 Å². The zero-order chi connectivity index (χ0) is 23.4.